The fourth-order valence-corrected chi connectivity index (χ4v) is 3.95. The van der Waals surface area contributed by atoms with Gasteiger partial charge in [-0.1, -0.05) is 13.8 Å². The van der Waals surface area contributed by atoms with Crippen molar-refractivity contribution in [2.24, 2.45) is 17.1 Å². The first-order chi connectivity index (χ1) is 9.78. The molecular formula is C14H21N3O4. The van der Waals surface area contributed by atoms with Crippen molar-refractivity contribution in [1.29, 1.82) is 0 Å². The van der Waals surface area contributed by atoms with Gasteiger partial charge in [0.1, 0.15) is 11.6 Å². The van der Waals surface area contributed by atoms with Gasteiger partial charge in [0, 0.05) is 24.4 Å². The molecule has 1 aliphatic carbocycles. The highest BCUT2D eigenvalue weighted by atomic mass is 16.5. The summed E-state index contributed by atoms with van der Waals surface area (Å²) in [7, 11) is 0. The van der Waals surface area contributed by atoms with Gasteiger partial charge in [-0.25, -0.2) is 0 Å². The Hall–Kier alpha value is -1.47. The Bertz CT molecular complexity index is 518. The zero-order valence-corrected chi connectivity index (χ0v) is 12.3. The van der Waals surface area contributed by atoms with E-state index >= 15 is 0 Å². The molecule has 3 aliphatic rings. The summed E-state index contributed by atoms with van der Waals surface area (Å²) in [6.45, 7) is 4.45. The smallest absolute Gasteiger partial charge is 0.249 e. The van der Waals surface area contributed by atoms with E-state index in [-0.39, 0.29) is 30.3 Å². The molecule has 3 rings (SSSR count). The van der Waals surface area contributed by atoms with Crippen molar-refractivity contribution in [3.8, 4) is 0 Å². The maximum Gasteiger partial charge on any atom is 0.249 e. The van der Waals surface area contributed by atoms with Gasteiger partial charge < -0.3 is 15.8 Å². The molecule has 4 unspecified atom stereocenters. The Morgan fingerprint density at radius 3 is 2.76 bits per heavy atom. The predicted molar refractivity (Wildman–Crippen MR) is 72.9 cm³/mol. The lowest BCUT2D eigenvalue weighted by atomic mass is 9.48. The summed E-state index contributed by atoms with van der Waals surface area (Å²) in [6, 6.07) is -0.687. The second-order valence-corrected chi connectivity index (χ2v) is 6.75. The monoisotopic (exact) mass is 295 g/mol. The predicted octanol–water partition coefficient (Wildman–Crippen LogP) is -0.950. The third-order valence-electron chi connectivity index (χ3n) is 5.37. The van der Waals surface area contributed by atoms with E-state index in [0.717, 1.165) is 6.42 Å². The second-order valence-electron chi connectivity index (χ2n) is 6.75. The SMILES string of the molecule is CC1(C)C2OCCC2C1(N)C(=O)NC1CCC(=O)NC1=O. The van der Waals surface area contributed by atoms with E-state index in [2.05, 4.69) is 10.6 Å². The summed E-state index contributed by atoms with van der Waals surface area (Å²) >= 11 is 0. The van der Waals surface area contributed by atoms with Crippen molar-refractivity contribution < 1.29 is 19.1 Å². The number of nitrogens with one attached hydrogen (secondary N) is 2. The van der Waals surface area contributed by atoms with Crippen LogP contribution in [0.15, 0.2) is 0 Å². The number of ether oxygens (including phenoxy) is 1. The first kappa shape index (κ1) is 14.5. The average Bonchev–Trinajstić information content (AvgIpc) is 2.89. The standard InChI is InChI=1S/C14H21N3O4/c1-13(2)10-7(5-6-21-10)14(13,15)12(20)16-8-3-4-9(18)17-11(8)19/h7-8,10H,3-6,15H2,1-2H3,(H,16,20)(H,17,18,19). The van der Waals surface area contributed by atoms with Crippen molar-refractivity contribution >= 4 is 17.7 Å². The molecule has 1 saturated carbocycles. The number of imide groups is 1. The summed E-state index contributed by atoms with van der Waals surface area (Å²) < 4.78 is 5.65. The van der Waals surface area contributed by atoms with Gasteiger partial charge >= 0.3 is 0 Å². The molecule has 7 heteroatoms. The number of hydrogen-bond acceptors (Lipinski definition) is 5. The normalized spacial score (nSPS) is 41.0. The molecule has 2 heterocycles. The largest absolute Gasteiger partial charge is 0.377 e. The van der Waals surface area contributed by atoms with E-state index in [1.165, 1.54) is 0 Å². The van der Waals surface area contributed by atoms with Crippen LogP contribution in [0, 0.1) is 11.3 Å². The highest BCUT2D eigenvalue weighted by Gasteiger charge is 2.71. The second kappa shape index (κ2) is 4.51. The molecule has 0 bridgehead atoms. The molecule has 7 nitrogen and oxygen atoms in total. The maximum absolute atomic E-state index is 12.6. The van der Waals surface area contributed by atoms with Crippen molar-refractivity contribution in [3.05, 3.63) is 0 Å². The molecule has 116 valence electrons. The number of amides is 3. The molecule has 3 fully saturated rings. The van der Waals surface area contributed by atoms with Crippen LogP contribution in [0.1, 0.15) is 33.1 Å². The van der Waals surface area contributed by atoms with Gasteiger partial charge in [-0.15, -0.1) is 0 Å². The molecule has 4 N–H and O–H groups in total. The van der Waals surface area contributed by atoms with E-state index in [9.17, 15) is 14.4 Å². The number of piperidine rings is 1. The minimum absolute atomic E-state index is 0.00462. The van der Waals surface area contributed by atoms with Gasteiger partial charge in [0.15, 0.2) is 0 Å². The molecule has 3 amide bonds. The summed E-state index contributed by atoms with van der Waals surface area (Å²) in [5.41, 5.74) is 4.90. The molecule has 0 spiro atoms. The van der Waals surface area contributed by atoms with Crippen LogP contribution in [0.4, 0.5) is 0 Å². The molecule has 0 aromatic carbocycles. The lowest BCUT2D eigenvalue weighted by Gasteiger charge is -2.60. The van der Waals surface area contributed by atoms with Crippen LogP contribution in [0.5, 0.6) is 0 Å². The van der Waals surface area contributed by atoms with Crippen LogP contribution < -0.4 is 16.4 Å². The number of fused-ring (bicyclic) bond motifs is 1. The minimum atomic E-state index is -1.03. The van der Waals surface area contributed by atoms with Crippen molar-refractivity contribution in [2.75, 3.05) is 6.61 Å². The topological polar surface area (TPSA) is 111 Å². The number of nitrogens with two attached hydrogens (primary N) is 1. The van der Waals surface area contributed by atoms with Crippen molar-refractivity contribution in [3.63, 3.8) is 0 Å². The molecule has 0 aromatic heterocycles. The summed E-state index contributed by atoms with van der Waals surface area (Å²) in [5, 5.41) is 4.95. The van der Waals surface area contributed by atoms with Gasteiger partial charge in [-0.2, -0.15) is 0 Å². The molecule has 2 saturated heterocycles. The van der Waals surface area contributed by atoms with Gasteiger partial charge in [0.25, 0.3) is 0 Å². The van der Waals surface area contributed by atoms with Gasteiger partial charge in [-0.3, -0.25) is 19.7 Å². The van der Waals surface area contributed by atoms with E-state index < -0.39 is 22.9 Å². The van der Waals surface area contributed by atoms with Gasteiger partial charge in [-0.05, 0) is 12.8 Å². The Morgan fingerprint density at radius 2 is 2.10 bits per heavy atom. The quantitative estimate of drug-likeness (QED) is 0.569. The Morgan fingerprint density at radius 1 is 1.38 bits per heavy atom. The van der Waals surface area contributed by atoms with Crippen molar-refractivity contribution in [2.45, 2.75) is 50.8 Å². The summed E-state index contributed by atoms with van der Waals surface area (Å²) in [5.74, 6) is -1.10. The highest BCUT2D eigenvalue weighted by Crippen LogP contribution is 2.58. The van der Waals surface area contributed by atoms with Crippen LogP contribution in [0.2, 0.25) is 0 Å². The number of carbonyl (C=O) groups excluding carboxylic acids is 3. The number of carbonyl (C=O) groups is 3. The fourth-order valence-electron chi connectivity index (χ4n) is 3.95. The minimum Gasteiger partial charge on any atom is -0.377 e. The molecule has 0 aromatic rings. The zero-order chi connectivity index (χ0) is 15.4. The fraction of sp³-hybridized carbons (Fsp3) is 0.786. The average molecular weight is 295 g/mol. The Balaban J connectivity index is 1.73. The van der Waals surface area contributed by atoms with Crippen LogP contribution in [0.25, 0.3) is 0 Å². The van der Waals surface area contributed by atoms with Gasteiger partial charge in [0.05, 0.1) is 6.10 Å². The molecule has 21 heavy (non-hydrogen) atoms. The first-order valence-corrected chi connectivity index (χ1v) is 7.33. The van der Waals surface area contributed by atoms with E-state index in [0.29, 0.717) is 13.0 Å². The van der Waals surface area contributed by atoms with E-state index in [1.54, 1.807) is 0 Å². The zero-order valence-electron chi connectivity index (χ0n) is 12.3. The van der Waals surface area contributed by atoms with Crippen LogP contribution in [-0.2, 0) is 19.1 Å². The van der Waals surface area contributed by atoms with Crippen molar-refractivity contribution in [1.82, 2.24) is 10.6 Å². The molecular weight excluding hydrogens is 274 g/mol. The van der Waals surface area contributed by atoms with Crippen LogP contribution in [-0.4, -0.2) is 42.0 Å². The Kier molecular flexibility index (Phi) is 3.11. The van der Waals surface area contributed by atoms with Crippen LogP contribution >= 0.6 is 0 Å². The number of hydrogen-bond donors (Lipinski definition) is 3. The van der Waals surface area contributed by atoms with E-state index in [1.807, 2.05) is 13.8 Å². The first-order valence-electron chi connectivity index (χ1n) is 7.33. The maximum atomic E-state index is 12.6. The Labute approximate surface area is 123 Å². The third kappa shape index (κ3) is 1.83. The number of rotatable bonds is 2. The molecule has 4 atom stereocenters. The van der Waals surface area contributed by atoms with Gasteiger partial charge in [0.2, 0.25) is 17.7 Å². The summed E-state index contributed by atoms with van der Waals surface area (Å²) in [6.07, 6.45) is 1.30. The third-order valence-corrected chi connectivity index (χ3v) is 5.37. The lowest BCUT2D eigenvalue weighted by molar-refractivity contribution is -0.176. The highest BCUT2D eigenvalue weighted by molar-refractivity contribution is 6.02. The summed E-state index contributed by atoms with van der Waals surface area (Å²) in [4.78, 5) is 35.5. The molecule has 0 radical (unpaired) electrons. The lowest BCUT2D eigenvalue weighted by Crippen LogP contribution is -2.80. The van der Waals surface area contributed by atoms with E-state index in [4.69, 9.17) is 10.5 Å². The van der Waals surface area contributed by atoms with Crippen LogP contribution in [0.3, 0.4) is 0 Å². The molecule has 2 aliphatic heterocycles.